The van der Waals surface area contributed by atoms with E-state index in [-0.39, 0.29) is 24.6 Å². The Morgan fingerprint density at radius 3 is 2.53 bits per heavy atom. The van der Waals surface area contributed by atoms with Crippen molar-refractivity contribution in [2.45, 2.75) is 25.8 Å². The predicted molar refractivity (Wildman–Crippen MR) is 77.0 cm³/mol. The molecular formula is C15H24N2O2. The van der Waals surface area contributed by atoms with Crippen molar-refractivity contribution >= 4 is 5.91 Å². The summed E-state index contributed by atoms with van der Waals surface area (Å²) in [4.78, 5) is 13.8. The fourth-order valence-corrected chi connectivity index (χ4v) is 1.94. The molecular weight excluding hydrogens is 240 g/mol. The first-order valence-corrected chi connectivity index (χ1v) is 6.59. The molecule has 0 atom stereocenters. The molecule has 0 aliphatic rings. The summed E-state index contributed by atoms with van der Waals surface area (Å²) in [5, 5.41) is 11.6. The van der Waals surface area contributed by atoms with Gasteiger partial charge in [0.25, 0.3) is 0 Å². The molecule has 1 rings (SSSR count). The van der Waals surface area contributed by atoms with Crippen molar-refractivity contribution in [3.05, 3.63) is 35.9 Å². The van der Waals surface area contributed by atoms with Crippen LogP contribution in [0.3, 0.4) is 0 Å². The maximum Gasteiger partial charge on any atom is 0.236 e. The summed E-state index contributed by atoms with van der Waals surface area (Å²) < 4.78 is 0. The quantitative estimate of drug-likeness (QED) is 0.724. The molecule has 0 aliphatic carbocycles. The van der Waals surface area contributed by atoms with E-state index in [0.717, 1.165) is 6.42 Å². The van der Waals surface area contributed by atoms with Crippen LogP contribution in [0.5, 0.6) is 0 Å². The molecule has 1 aromatic carbocycles. The minimum atomic E-state index is -0.237. The molecule has 0 aliphatic heterocycles. The lowest BCUT2D eigenvalue weighted by Crippen LogP contribution is -2.49. The van der Waals surface area contributed by atoms with E-state index in [4.69, 9.17) is 5.11 Å². The van der Waals surface area contributed by atoms with Gasteiger partial charge in [0.1, 0.15) is 0 Å². The van der Waals surface area contributed by atoms with Crippen LogP contribution >= 0.6 is 0 Å². The molecule has 1 aromatic rings. The standard InChI is InChI=1S/C15H24N2O2/c1-15(2,11-13-7-5-4-6-8-13)17(3)14(19)12-16-9-10-18/h4-8,16,18H,9-12H2,1-3H3. The second-order valence-electron chi connectivity index (χ2n) is 5.33. The number of hydrogen-bond acceptors (Lipinski definition) is 3. The number of benzene rings is 1. The summed E-state index contributed by atoms with van der Waals surface area (Å²) in [6.45, 7) is 4.87. The summed E-state index contributed by atoms with van der Waals surface area (Å²) in [6.07, 6.45) is 0.816. The Morgan fingerprint density at radius 1 is 1.32 bits per heavy atom. The third-order valence-electron chi connectivity index (χ3n) is 3.33. The predicted octanol–water partition coefficient (Wildman–Crippen LogP) is 1.05. The molecule has 2 N–H and O–H groups in total. The molecule has 19 heavy (non-hydrogen) atoms. The zero-order chi connectivity index (χ0) is 14.3. The molecule has 1 amide bonds. The molecule has 0 unspecified atom stereocenters. The van der Waals surface area contributed by atoms with Gasteiger partial charge in [-0.1, -0.05) is 30.3 Å². The van der Waals surface area contributed by atoms with Crippen molar-refractivity contribution in [2.24, 2.45) is 0 Å². The highest BCUT2D eigenvalue weighted by molar-refractivity contribution is 5.78. The van der Waals surface area contributed by atoms with Gasteiger partial charge >= 0.3 is 0 Å². The number of likely N-dealkylation sites (N-methyl/N-ethyl adjacent to an activating group) is 1. The number of amides is 1. The highest BCUT2D eigenvalue weighted by atomic mass is 16.3. The van der Waals surface area contributed by atoms with Crippen LogP contribution in [-0.4, -0.2) is 48.2 Å². The molecule has 0 aromatic heterocycles. The molecule has 106 valence electrons. The molecule has 4 heteroatoms. The number of carbonyl (C=O) groups excluding carboxylic acids is 1. The summed E-state index contributed by atoms with van der Waals surface area (Å²) in [5.74, 6) is 0.0365. The monoisotopic (exact) mass is 264 g/mol. The van der Waals surface area contributed by atoms with Crippen LogP contribution in [-0.2, 0) is 11.2 Å². The van der Waals surface area contributed by atoms with E-state index in [1.54, 1.807) is 4.90 Å². The van der Waals surface area contributed by atoms with Crippen molar-refractivity contribution in [3.63, 3.8) is 0 Å². The lowest BCUT2D eigenvalue weighted by molar-refractivity contribution is -0.133. The van der Waals surface area contributed by atoms with Crippen LogP contribution in [0.2, 0.25) is 0 Å². The molecule has 0 spiro atoms. The zero-order valence-corrected chi connectivity index (χ0v) is 12.0. The minimum absolute atomic E-state index is 0.0365. The third kappa shape index (κ3) is 5.01. The lowest BCUT2D eigenvalue weighted by Gasteiger charge is -2.36. The molecule has 0 saturated heterocycles. The first kappa shape index (κ1) is 15.7. The van der Waals surface area contributed by atoms with Crippen LogP contribution in [0, 0.1) is 0 Å². The van der Waals surface area contributed by atoms with Crippen molar-refractivity contribution in [1.29, 1.82) is 0 Å². The van der Waals surface area contributed by atoms with Gasteiger partial charge < -0.3 is 15.3 Å². The molecule has 0 bridgehead atoms. The van der Waals surface area contributed by atoms with Crippen LogP contribution in [0.25, 0.3) is 0 Å². The van der Waals surface area contributed by atoms with Gasteiger partial charge in [0.2, 0.25) is 5.91 Å². The SMILES string of the molecule is CN(C(=O)CNCCO)C(C)(C)Cc1ccccc1. The van der Waals surface area contributed by atoms with E-state index >= 15 is 0 Å². The summed E-state index contributed by atoms with van der Waals surface area (Å²) >= 11 is 0. The van der Waals surface area contributed by atoms with Crippen molar-refractivity contribution < 1.29 is 9.90 Å². The summed E-state index contributed by atoms with van der Waals surface area (Å²) in [7, 11) is 1.83. The van der Waals surface area contributed by atoms with Crippen molar-refractivity contribution in [3.8, 4) is 0 Å². The largest absolute Gasteiger partial charge is 0.395 e. The van der Waals surface area contributed by atoms with E-state index in [2.05, 4.69) is 31.3 Å². The van der Waals surface area contributed by atoms with Gasteiger partial charge in [0.15, 0.2) is 0 Å². The highest BCUT2D eigenvalue weighted by Crippen LogP contribution is 2.18. The first-order chi connectivity index (χ1) is 8.97. The Balaban J connectivity index is 2.58. The average molecular weight is 264 g/mol. The van der Waals surface area contributed by atoms with Gasteiger partial charge in [0, 0.05) is 19.1 Å². The van der Waals surface area contributed by atoms with E-state index < -0.39 is 0 Å². The summed E-state index contributed by atoms with van der Waals surface area (Å²) in [6, 6.07) is 10.2. The van der Waals surface area contributed by atoms with Crippen molar-refractivity contribution in [2.75, 3.05) is 26.7 Å². The molecule has 0 fully saturated rings. The smallest absolute Gasteiger partial charge is 0.236 e. The fourth-order valence-electron chi connectivity index (χ4n) is 1.94. The van der Waals surface area contributed by atoms with Gasteiger partial charge in [-0.25, -0.2) is 0 Å². The van der Waals surface area contributed by atoms with E-state index in [0.29, 0.717) is 6.54 Å². The Bertz CT molecular complexity index is 390. The van der Waals surface area contributed by atoms with Crippen molar-refractivity contribution in [1.82, 2.24) is 10.2 Å². The van der Waals surface area contributed by atoms with Gasteiger partial charge in [-0.05, 0) is 25.8 Å². The third-order valence-corrected chi connectivity index (χ3v) is 3.33. The number of carbonyl (C=O) groups is 1. The molecule has 0 heterocycles. The average Bonchev–Trinajstić information content (AvgIpc) is 2.38. The maximum absolute atomic E-state index is 12.0. The number of rotatable bonds is 7. The van der Waals surface area contributed by atoms with Crippen LogP contribution in [0.15, 0.2) is 30.3 Å². The maximum atomic E-state index is 12.0. The van der Waals surface area contributed by atoms with Crippen LogP contribution in [0.4, 0.5) is 0 Å². The van der Waals surface area contributed by atoms with E-state index in [1.165, 1.54) is 5.56 Å². The number of nitrogens with zero attached hydrogens (tertiary/aromatic N) is 1. The second-order valence-corrected chi connectivity index (χ2v) is 5.33. The second kappa shape index (κ2) is 7.26. The molecule has 4 nitrogen and oxygen atoms in total. The molecule has 0 radical (unpaired) electrons. The highest BCUT2D eigenvalue weighted by Gasteiger charge is 2.27. The van der Waals surface area contributed by atoms with Gasteiger partial charge in [-0.15, -0.1) is 0 Å². The Labute approximate surface area is 115 Å². The summed E-state index contributed by atoms with van der Waals surface area (Å²) in [5.41, 5.74) is 0.981. The normalized spacial score (nSPS) is 11.4. The van der Waals surface area contributed by atoms with Crippen LogP contribution < -0.4 is 5.32 Å². The Hall–Kier alpha value is -1.39. The number of hydrogen-bond donors (Lipinski definition) is 2. The van der Waals surface area contributed by atoms with E-state index in [9.17, 15) is 4.79 Å². The Morgan fingerprint density at radius 2 is 1.95 bits per heavy atom. The number of aliphatic hydroxyl groups excluding tert-OH is 1. The van der Waals surface area contributed by atoms with Gasteiger partial charge in [0.05, 0.1) is 13.2 Å². The first-order valence-electron chi connectivity index (χ1n) is 6.59. The lowest BCUT2D eigenvalue weighted by atomic mass is 9.93. The zero-order valence-electron chi connectivity index (χ0n) is 12.0. The minimum Gasteiger partial charge on any atom is -0.395 e. The van der Waals surface area contributed by atoms with Gasteiger partial charge in [-0.3, -0.25) is 4.79 Å². The number of nitrogens with one attached hydrogen (secondary N) is 1. The van der Waals surface area contributed by atoms with Crippen LogP contribution in [0.1, 0.15) is 19.4 Å². The van der Waals surface area contributed by atoms with E-state index in [1.807, 2.05) is 25.2 Å². The fraction of sp³-hybridized carbons (Fsp3) is 0.533. The van der Waals surface area contributed by atoms with Gasteiger partial charge in [-0.2, -0.15) is 0 Å². The topological polar surface area (TPSA) is 52.6 Å². The number of aliphatic hydroxyl groups is 1. The molecule has 0 saturated carbocycles. The Kier molecular flexibility index (Phi) is 5.99.